The second-order valence-electron chi connectivity index (χ2n) is 2.95. The quantitative estimate of drug-likeness (QED) is 0.563. The number of rotatable bonds is 3. The highest BCUT2D eigenvalue weighted by molar-refractivity contribution is 5.57. The van der Waals surface area contributed by atoms with Crippen molar-refractivity contribution < 1.29 is 0 Å². The van der Waals surface area contributed by atoms with Crippen LogP contribution in [0.2, 0.25) is 0 Å². The summed E-state index contributed by atoms with van der Waals surface area (Å²) < 4.78 is 0. The second-order valence-corrected chi connectivity index (χ2v) is 2.95. The fourth-order valence-electron chi connectivity index (χ4n) is 1.13. The molecule has 1 rings (SSSR count). The Bertz CT molecular complexity index is 355. The molecule has 72 valence electrons. The maximum atomic E-state index is 3.76. The summed E-state index contributed by atoms with van der Waals surface area (Å²) in [6, 6.07) is 8.03. The topological polar surface area (TPSA) is 12.0 Å². The molecule has 1 heteroatoms. The average Bonchev–Trinajstić information content (AvgIpc) is 2.25. The van der Waals surface area contributed by atoms with Gasteiger partial charge < -0.3 is 5.32 Å². The zero-order valence-corrected chi connectivity index (χ0v) is 8.51. The minimum atomic E-state index is 0.877. The SMILES string of the molecule is C=Cc1ccccc1C#CCCNC. The van der Waals surface area contributed by atoms with Crippen LogP contribution in [0, 0.1) is 11.8 Å². The maximum Gasteiger partial charge on any atom is 0.0317 e. The Balaban J connectivity index is 2.73. The molecule has 1 N–H and O–H groups in total. The van der Waals surface area contributed by atoms with Crippen molar-refractivity contribution in [2.24, 2.45) is 0 Å². The summed E-state index contributed by atoms with van der Waals surface area (Å²) in [7, 11) is 1.93. The molecule has 0 amide bonds. The molecule has 0 aromatic heterocycles. The van der Waals surface area contributed by atoms with Crippen LogP contribution in [-0.4, -0.2) is 13.6 Å². The fourth-order valence-corrected chi connectivity index (χ4v) is 1.13. The Morgan fingerprint density at radius 2 is 2.21 bits per heavy atom. The molecular weight excluding hydrogens is 170 g/mol. The zero-order chi connectivity index (χ0) is 10.2. The lowest BCUT2D eigenvalue weighted by atomic mass is 10.1. The molecule has 0 aliphatic heterocycles. The fraction of sp³-hybridized carbons (Fsp3) is 0.231. The average molecular weight is 185 g/mol. The molecule has 1 aromatic carbocycles. The Hall–Kier alpha value is -1.52. The van der Waals surface area contributed by atoms with Crippen molar-refractivity contribution in [2.45, 2.75) is 6.42 Å². The van der Waals surface area contributed by atoms with E-state index in [0.717, 1.165) is 24.1 Å². The molecule has 0 saturated heterocycles. The van der Waals surface area contributed by atoms with Crippen LogP contribution in [0.3, 0.4) is 0 Å². The van der Waals surface area contributed by atoms with Crippen molar-refractivity contribution in [3.63, 3.8) is 0 Å². The second kappa shape index (κ2) is 6.01. The molecule has 0 fully saturated rings. The van der Waals surface area contributed by atoms with Crippen molar-refractivity contribution in [1.29, 1.82) is 0 Å². The highest BCUT2D eigenvalue weighted by atomic mass is 14.8. The van der Waals surface area contributed by atoms with E-state index in [4.69, 9.17) is 0 Å². The zero-order valence-electron chi connectivity index (χ0n) is 8.51. The molecule has 0 aliphatic rings. The minimum Gasteiger partial charge on any atom is -0.319 e. The van der Waals surface area contributed by atoms with E-state index in [2.05, 4.69) is 23.7 Å². The van der Waals surface area contributed by atoms with Crippen molar-refractivity contribution in [3.05, 3.63) is 42.0 Å². The van der Waals surface area contributed by atoms with Gasteiger partial charge in [0.05, 0.1) is 0 Å². The summed E-state index contributed by atoms with van der Waals surface area (Å²) in [6.07, 6.45) is 2.71. The van der Waals surface area contributed by atoms with Gasteiger partial charge in [-0.05, 0) is 18.7 Å². The number of hydrogen-bond acceptors (Lipinski definition) is 1. The van der Waals surface area contributed by atoms with Gasteiger partial charge in [-0.2, -0.15) is 0 Å². The summed E-state index contributed by atoms with van der Waals surface area (Å²) in [5.41, 5.74) is 2.16. The van der Waals surface area contributed by atoms with Gasteiger partial charge in [0, 0.05) is 18.5 Å². The normalized spacial score (nSPS) is 8.93. The van der Waals surface area contributed by atoms with Crippen molar-refractivity contribution in [2.75, 3.05) is 13.6 Å². The molecule has 0 unspecified atom stereocenters. The van der Waals surface area contributed by atoms with E-state index in [-0.39, 0.29) is 0 Å². The molecule has 0 heterocycles. The van der Waals surface area contributed by atoms with Gasteiger partial charge in [-0.15, -0.1) is 0 Å². The summed E-state index contributed by atoms with van der Waals surface area (Å²) >= 11 is 0. The van der Waals surface area contributed by atoms with Crippen molar-refractivity contribution in [1.82, 2.24) is 5.32 Å². The van der Waals surface area contributed by atoms with Gasteiger partial charge in [-0.1, -0.05) is 42.7 Å². The van der Waals surface area contributed by atoms with Gasteiger partial charge in [-0.3, -0.25) is 0 Å². The molecule has 0 aliphatic carbocycles. The van der Waals surface area contributed by atoms with E-state index in [0.29, 0.717) is 0 Å². The predicted molar refractivity (Wildman–Crippen MR) is 62.0 cm³/mol. The van der Waals surface area contributed by atoms with Crippen molar-refractivity contribution in [3.8, 4) is 11.8 Å². The lowest BCUT2D eigenvalue weighted by Gasteiger charge is -1.96. The Morgan fingerprint density at radius 1 is 1.43 bits per heavy atom. The lowest BCUT2D eigenvalue weighted by Crippen LogP contribution is -2.05. The first kappa shape index (κ1) is 10.6. The van der Waals surface area contributed by atoms with Crippen LogP contribution in [0.5, 0.6) is 0 Å². The van der Waals surface area contributed by atoms with E-state index in [9.17, 15) is 0 Å². The third-order valence-electron chi connectivity index (χ3n) is 1.90. The first-order chi connectivity index (χ1) is 6.88. The third-order valence-corrected chi connectivity index (χ3v) is 1.90. The number of benzene rings is 1. The third kappa shape index (κ3) is 3.08. The lowest BCUT2D eigenvalue weighted by molar-refractivity contribution is 0.818. The van der Waals surface area contributed by atoms with E-state index >= 15 is 0 Å². The molecular formula is C13H15N. The molecule has 1 nitrogen and oxygen atoms in total. The van der Waals surface area contributed by atoms with Crippen LogP contribution >= 0.6 is 0 Å². The Morgan fingerprint density at radius 3 is 2.93 bits per heavy atom. The molecule has 0 spiro atoms. The van der Waals surface area contributed by atoms with Crippen LogP contribution in [-0.2, 0) is 0 Å². The summed E-state index contributed by atoms with van der Waals surface area (Å²) in [4.78, 5) is 0. The van der Waals surface area contributed by atoms with Crippen LogP contribution in [0.25, 0.3) is 6.08 Å². The highest BCUT2D eigenvalue weighted by Gasteiger charge is 1.91. The summed E-state index contributed by atoms with van der Waals surface area (Å²) in [6.45, 7) is 4.69. The summed E-state index contributed by atoms with van der Waals surface area (Å²) in [5, 5.41) is 3.06. The van der Waals surface area contributed by atoms with Crippen molar-refractivity contribution >= 4 is 6.08 Å². The largest absolute Gasteiger partial charge is 0.319 e. The van der Waals surface area contributed by atoms with Crippen LogP contribution < -0.4 is 5.32 Å². The highest BCUT2D eigenvalue weighted by Crippen LogP contribution is 2.07. The minimum absolute atomic E-state index is 0.877. The van der Waals surface area contributed by atoms with Gasteiger partial charge in [-0.25, -0.2) is 0 Å². The Kier molecular flexibility index (Phi) is 4.54. The Labute approximate surface area is 85.8 Å². The van der Waals surface area contributed by atoms with Crippen LogP contribution in [0.15, 0.2) is 30.8 Å². The molecule has 0 bridgehead atoms. The first-order valence-corrected chi connectivity index (χ1v) is 4.73. The van der Waals surface area contributed by atoms with E-state index < -0.39 is 0 Å². The predicted octanol–water partition coefficient (Wildman–Crippen LogP) is 2.29. The van der Waals surface area contributed by atoms with E-state index in [1.807, 2.05) is 37.4 Å². The van der Waals surface area contributed by atoms with Crippen LogP contribution in [0.1, 0.15) is 17.5 Å². The van der Waals surface area contributed by atoms with Gasteiger partial charge >= 0.3 is 0 Å². The standard InChI is InChI=1S/C13H15N/c1-3-12-8-4-5-9-13(12)10-6-7-11-14-2/h3-5,8-9,14H,1,7,11H2,2H3. The van der Waals surface area contributed by atoms with Gasteiger partial charge in [0.2, 0.25) is 0 Å². The molecule has 1 aromatic rings. The van der Waals surface area contributed by atoms with E-state index in [1.165, 1.54) is 0 Å². The number of nitrogens with one attached hydrogen (secondary N) is 1. The van der Waals surface area contributed by atoms with Gasteiger partial charge in [0.25, 0.3) is 0 Å². The molecule has 0 radical (unpaired) electrons. The first-order valence-electron chi connectivity index (χ1n) is 4.73. The number of hydrogen-bond donors (Lipinski definition) is 1. The van der Waals surface area contributed by atoms with E-state index in [1.54, 1.807) is 0 Å². The molecule has 0 atom stereocenters. The van der Waals surface area contributed by atoms with Gasteiger partial charge in [0.1, 0.15) is 0 Å². The molecule has 0 saturated carbocycles. The monoisotopic (exact) mass is 185 g/mol. The maximum absolute atomic E-state index is 3.76. The molecule has 14 heavy (non-hydrogen) atoms. The van der Waals surface area contributed by atoms with Gasteiger partial charge in [0.15, 0.2) is 0 Å². The van der Waals surface area contributed by atoms with Crippen LogP contribution in [0.4, 0.5) is 0 Å². The smallest absolute Gasteiger partial charge is 0.0317 e. The summed E-state index contributed by atoms with van der Waals surface area (Å²) in [5.74, 6) is 6.25.